The highest BCUT2D eigenvalue weighted by atomic mass is 127. The Hall–Kier alpha value is -0.620. The number of hydrazone groups is 1. The molecule has 0 heterocycles. The summed E-state index contributed by atoms with van der Waals surface area (Å²) < 4.78 is 1.63. The number of benzene rings is 1. The van der Waals surface area contributed by atoms with E-state index in [0.717, 1.165) is 3.57 Å². The number of nitrogens with one attached hydrogen (secondary N) is 2. The lowest BCUT2D eigenvalue weighted by Gasteiger charge is -2.02. The van der Waals surface area contributed by atoms with Crippen molar-refractivity contribution >= 4 is 57.4 Å². The minimum Gasteiger partial charge on any atom is -0.506 e. The summed E-state index contributed by atoms with van der Waals surface area (Å²) in [7, 11) is 0. The molecule has 2 amide bonds. The van der Waals surface area contributed by atoms with Crippen LogP contribution >= 0.6 is 45.2 Å². The maximum atomic E-state index is 10.6. The van der Waals surface area contributed by atoms with E-state index >= 15 is 0 Å². The lowest BCUT2D eigenvalue weighted by molar-refractivity contribution is 0.162. The van der Waals surface area contributed by atoms with Crippen LogP contribution in [0.3, 0.4) is 0 Å². The third-order valence-corrected chi connectivity index (χ3v) is 2.97. The Morgan fingerprint density at radius 1 is 1.44 bits per heavy atom. The molecule has 0 radical (unpaired) electrons. The average molecular weight is 447 g/mol. The zero-order valence-electron chi connectivity index (χ0n) is 7.74. The predicted molar refractivity (Wildman–Crippen MR) is 74.6 cm³/mol. The van der Waals surface area contributed by atoms with Crippen LogP contribution in [-0.4, -0.2) is 22.6 Å². The Bertz CT molecular complexity index is 437. The first-order chi connectivity index (χ1) is 7.54. The van der Waals surface area contributed by atoms with Crippen molar-refractivity contribution in [1.29, 1.82) is 0 Å². The van der Waals surface area contributed by atoms with Crippen molar-refractivity contribution in [3.63, 3.8) is 0 Å². The second-order valence-corrected chi connectivity index (χ2v) is 5.04. The molecule has 0 bridgehead atoms. The molecule has 0 aromatic heterocycles. The molecule has 16 heavy (non-hydrogen) atoms. The quantitative estimate of drug-likeness (QED) is 0.241. The molecule has 8 heteroatoms. The molecule has 1 rings (SSSR count). The van der Waals surface area contributed by atoms with Crippen molar-refractivity contribution < 1.29 is 15.1 Å². The molecular weight excluding hydrogens is 440 g/mol. The number of nitrogens with zero attached hydrogens (tertiary/aromatic N) is 1. The van der Waals surface area contributed by atoms with Crippen LogP contribution in [0.15, 0.2) is 17.2 Å². The zero-order valence-corrected chi connectivity index (χ0v) is 12.1. The number of phenols is 1. The number of hydrogen-bond acceptors (Lipinski definition) is 4. The predicted octanol–water partition coefficient (Wildman–Crippen LogP) is 1.62. The Morgan fingerprint density at radius 2 is 2.12 bits per heavy atom. The van der Waals surface area contributed by atoms with E-state index in [0.29, 0.717) is 9.13 Å². The standard InChI is InChI=1S/C8H7I2N3O3/c9-5-1-4(7(14)6(10)2-5)3-11-12-8(15)13-16/h1-3,14,16H,(H2,12,13,15)/b11-3+. The van der Waals surface area contributed by atoms with E-state index in [4.69, 9.17) is 5.21 Å². The highest BCUT2D eigenvalue weighted by Crippen LogP contribution is 2.25. The topological polar surface area (TPSA) is 94.0 Å². The lowest BCUT2D eigenvalue weighted by atomic mass is 10.2. The summed E-state index contributed by atoms with van der Waals surface area (Å²) in [5.74, 6) is 0.0935. The molecule has 4 N–H and O–H groups in total. The molecule has 0 aliphatic rings. The molecule has 0 unspecified atom stereocenters. The van der Waals surface area contributed by atoms with Gasteiger partial charge in [-0.05, 0) is 57.3 Å². The fraction of sp³-hybridized carbons (Fsp3) is 0. The van der Waals surface area contributed by atoms with Crippen molar-refractivity contribution in [2.75, 3.05) is 0 Å². The number of rotatable bonds is 2. The molecule has 0 spiro atoms. The highest BCUT2D eigenvalue weighted by molar-refractivity contribution is 14.1. The van der Waals surface area contributed by atoms with Crippen LogP contribution in [-0.2, 0) is 0 Å². The van der Waals surface area contributed by atoms with Crippen molar-refractivity contribution in [2.24, 2.45) is 5.10 Å². The Labute approximate surface area is 118 Å². The maximum absolute atomic E-state index is 10.6. The first-order valence-corrected chi connectivity index (χ1v) is 6.11. The molecule has 86 valence electrons. The number of hydrogen-bond donors (Lipinski definition) is 4. The summed E-state index contributed by atoms with van der Waals surface area (Å²) in [6.45, 7) is 0. The van der Waals surface area contributed by atoms with E-state index in [1.54, 1.807) is 6.07 Å². The van der Waals surface area contributed by atoms with Crippen molar-refractivity contribution in [1.82, 2.24) is 10.9 Å². The number of carbonyl (C=O) groups is 1. The van der Waals surface area contributed by atoms with Gasteiger partial charge in [-0.2, -0.15) is 5.10 Å². The van der Waals surface area contributed by atoms with E-state index in [9.17, 15) is 9.90 Å². The minimum absolute atomic E-state index is 0.0935. The zero-order chi connectivity index (χ0) is 12.1. The van der Waals surface area contributed by atoms with Gasteiger partial charge in [0.1, 0.15) is 5.75 Å². The smallest absolute Gasteiger partial charge is 0.358 e. The molecule has 0 saturated heterocycles. The van der Waals surface area contributed by atoms with E-state index in [1.807, 2.05) is 34.1 Å². The largest absolute Gasteiger partial charge is 0.506 e. The Morgan fingerprint density at radius 3 is 2.75 bits per heavy atom. The first-order valence-electron chi connectivity index (χ1n) is 3.95. The third-order valence-electron chi connectivity index (χ3n) is 1.53. The van der Waals surface area contributed by atoms with Crippen LogP contribution in [0.4, 0.5) is 4.79 Å². The summed E-state index contributed by atoms with van der Waals surface area (Å²) in [6, 6.07) is 2.66. The second-order valence-electron chi connectivity index (χ2n) is 2.64. The van der Waals surface area contributed by atoms with E-state index in [-0.39, 0.29) is 5.75 Å². The third kappa shape index (κ3) is 3.75. The van der Waals surface area contributed by atoms with Crippen LogP contribution in [0.25, 0.3) is 0 Å². The van der Waals surface area contributed by atoms with E-state index < -0.39 is 6.03 Å². The molecule has 0 fully saturated rings. The summed E-state index contributed by atoms with van der Waals surface area (Å²) in [4.78, 5) is 10.6. The van der Waals surface area contributed by atoms with Gasteiger partial charge in [-0.25, -0.2) is 15.7 Å². The van der Waals surface area contributed by atoms with Crippen LogP contribution in [0.1, 0.15) is 5.56 Å². The van der Waals surface area contributed by atoms with Crippen molar-refractivity contribution in [3.05, 3.63) is 24.8 Å². The number of aromatic hydroxyl groups is 1. The lowest BCUT2D eigenvalue weighted by Crippen LogP contribution is -2.29. The van der Waals surface area contributed by atoms with Gasteiger partial charge in [0, 0.05) is 9.13 Å². The van der Waals surface area contributed by atoms with Gasteiger partial charge < -0.3 is 5.11 Å². The molecule has 1 aromatic rings. The van der Waals surface area contributed by atoms with Crippen molar-refractivity contribution in [3.8, 4) is 5.75 Å². The Kier molecular flexibility index (Phi) is 5.21. The minimum atomic E-state index is -0.851. The fourth-order valence-electron chi connectivity index (χ4n) is 0.870. The molecule has 1 aromatic carbocycles. The van der Waals surface area contributed by atoms with E-state index in [2.05, 4.69) is 27.7 Å². The number of phenolic OH excluding ortho intramolecular Hbond substituents is 1. The number of halogens is 2. The summed E-state index contributed by atoms with van der Waals surface area (Å²) in [5.41, 5.74) is 3.84. The normalized spacial score (nSPS) is 10.4. The van der Waals surface area contributed by atoms with Gasteiger partial charge in [-0.15, -0.1) is 0 Å². The highest BCUT2D eigenvalue weighted by Gasteiger charge is 2.05. The number of carbonyl (C=O) groups excluding carboxylic acids is 1. The van der Waals surface area contributed by atoms with Crippen molar-refractivity contribution in [2.45, 2.75) is 0 Å². The van der Waals surface area contributed by atoms with Gasteiger partial charge in [0.15, 0.2) is 0 Å². The van der Waals surface area contributed by atoms with Crippen LogP contribution in [0.2, 0.25) is 0 Å². The van der Waals surface area contributed by atoms with Gasteiger partial charge in [0.25, 0.3) is 0 Å². The van der Waals surface area contributed by atoms with Crippen LogP contribution < -0.4 is 10.9 Å². The van der Waals surface area contributed by atoms with Gasteiger partial charge in [0.2, 0.25) is 0 Å². The molecule has 0 aliphatic heterocycles. The van der Waals surface area contributed by atoms with Gasteiger partial charge in [0.05, 0.1) is 9.78 Å². The maximum Gasteiger partial charge on any atom is 0.358 e. The first kappa shape index (κ1) is 13.4. The van der Waals surface area contributed by atoms with Crippen LogP contribution in [0, 0.1) is 7.14 Å². The average Bonchev–Trinajstić information content (AvgIpc) is 2.24. The summed E-state index contributed by atoms with van der Waals surface area (Å²) in [6.07, 6.45) is 1.29. The number of amides is 2. The number of urea groups is 1. The van der Waals surface area contributed by atoms with Crippen LogP contribution in [0.5, 0.6) is 5.75 Å². The molecule has 6 nitrogen and oxygen atoms in total. The molecule has 0 aliphatic carbocycles. The van der Waals surface area contributed by atoms with Gasteiger partial charge in [-0.1, -0.05) is 0 Å². The fourth-order valence-corrected chi connectivity index (χ4v) is 2.76. The summed E-state index contributed by atoms with van der Waals surface area (Å²) >= 11 is 4.09. The Balaban J connectivity index is 2.85. The summed E-state index contributed by atoms with van der Waals surface area (Å²) in [5, 5.41) is 21.4. The molecule has 0 saturated carbocycles. The van der Waals surface area contributed by atoms with E-state index in [1.165, 1.54) is 11.7 Å². The number of hydroxylamine groups is 1. The second kappa shape index (κ2) is 6.20. The molecule has 0 atom stereocenters. The molecular formula is C8H7I2N3O3. The monoisotopic (exact) mass is 447 g/mol. The van der Waals surface area contributed by atoms with Gasteiger partial charge >= 0.3 is 6.03 Å². The SMILES string of the molecule is O=C(NO)N/N=C/c1cc(I)cc(I)c1O. The van der Waals surface area contributed by atoms with Gasteiger partial charge in [-0.3, -0.25) is 5.21 Å².